The average molecular weight is 214 g/mol. The summed E-state index contributed by atoms with van der Waals surface area (Å²) in [5.41, 5.74) is 3.92. The molecular formula is C9H18N4S. The normalized spacial score (nSPS) is 13.1. The molecule has 0 saturated heterocycles. The number of nitrogens with zero attached hydrogens (tertiary/aromatic N) is 2. The van der Waals surface area contributed by atoms with Gasteiger partial charge in [0.05, 0.1) is 16.6 Å². The number of hydrogen-bond donors (Lipinski definition) is 2. The summed E-state index contributed by atoms with van der Waals surface area (Å²) in [7, 11) is 0. The first-order chi connectivity index (χ1) is 6.83. The van der Waals surface area contributed by atoms with E-state index in [9.17, 15) is 0 Å². The Morgan fingerprint density at radius 3 is 2.86 bits per heavy atom. The summed E-state index contributed by atoms with van der Waals surface area (Å²) < 4.78 is 3.97. The molecular weight excluding hydrogens is 196 g/mol. The Kier molecular flexibility index (Phi) is 5.00. The fourth-order valence-electron chi connectivity index (χ4n) is 1.42. The second-order valence-electron chi connectivity index (χ2n) is 3.30. The highest BCUT2D eigenvalue weighted by Gasteiger charge is 2.16. The van der Waals surface area contributed by atoms with Gasteiger partial charge in [0.15, 0.2) is 0 Å². The van der Waals surface area contributed by atoms with Crippen molar-refractivity contribution in [1.29, 1.82) is 0 Å². The van der Waals surface area contributed by atoms with Crippen molar-refractivity contribution in [1.82, 2.24) is 15.0 Å². The van der Waals surface area contributed by atoms with Crippen LogP contribution in [-0.4, -0.2) is 9.59 Å². The van der Waals surface area contributed by atoms with Gasteiger partial charge in [0, 0.05) is 0 Å². The minimum atomic E-state index is 0.227. The number of hydrogen-bond acceptors (Lipinski definition) is 5. The molecule has 0 aliphatic rings. The van der Waals surface area contributed by atoms with Crippen LogP contribution in [0.2, 0.25) is 0 Å². The Morgan fingerprint density at radius 1 is 1.50 bits per heavy atom. The van der Waals surface area contributed by atoms with Gasteiger partial charge < -0.3 is 0 Å². The fraction of sp³-hybridized carbons (Fsp3) is 0.778. The summed E-state index contributed by atoms with van der Waals surface area (Å²) in [5.74, 6) is 5.53. The smallest absolute Gasteiger partial charge is 0.0801 e. The molecule has 1 aromatic rings. The maximum absolute atomic E-state index is 5.53. The van der Waals surface area contributed by atoms with E-state index < -0.39 is 0 Å². The van der Waals surface area contributed by atoms with E-state index in [1.807, 2.05) is 0 Å². The van der Waals surface area contributed by atoms with E-state index in [0.29, 0.717) is 0 Å². The molecule has 0 amide bonds. The molecule has 0 fully saturated rings. The fourth-order valence-corrected chi connectivity index (χ4v) is 2.25. The number of aryl methyl sites for hydroxylation is 1. The van der Waals surface area contributed by atoms with Gasteiger partial charge in [-0.1, -0.05) is 31.2 Å². The summed E-state index contributed by atoms with van der Waals surface area (Å²) in [6.45, 7) is 4.27. The first-order valence-corrected chi connectivity index (χ1v) is 5.88. The lowest BCUT2D eigenvalue weighted by Crippen LogP contribution is -2.28. The largest absolute Gasteiger partial charge is 0.271 e. The number of aromatic nitrogens is 2. The Morgan fingerprint density at radius 2 is 2.29 bits per heavy atom. The molecule has 0 spiro atoms. The monoisotopic (exact) mass is 214 g/mol. The minimum Gasteiger partial charge on any atom is -0.271 e. The molecule has 1 heterocycles. The first kappa shape index (κ1) is 11.6. The van der Waals surface area contributed by atoms with E-state index in [1.54, 1.807) is 0 Å². The maximum Gasteiger partial charge on any atom is 0.0801 e. The van der Waals surface area contributed by atoms with E-state index in [1.165, 1.54) is 29.3 Å². The van der Waals surface area contributed by atoms with Crippen molar-refractivity contribution in [3.8, 4) is 0 Å². The molecule has 0 aliphatic heterocycles. The van der Waals surface area contributed by atoms with Gasteiger partial charge in [0.25, 0.3) is 0 Å². The highest BCUT2D eigenvalue weighted by Crippen LogP contribution is 2.24. The highest BCUT2D eigenvalue weighted by atomic mass is 32.1. The van der Waals surface area contributed by atoms with Gasteiger partial charge in [0.2, 0.25) is 0 Å². The maximum atomic E-state index is 5.53. The molecule has 5 heteroatoms. The van der Waals surface area contributed by atoms with Crippen LogP contribution in [0.25, 0.3) is 0 Å². The molecule has 0 aliphatic carbocycles. The highest BCUT2D eigenvalue weighted by molar-refractivity contribution is 7.05. The van der Waals surface area contributed by atoms with Crippen molar-refractivity contribution in [2.24, 2.45) is 5.84 Å². The molecule has 1 rings (SSSR count). The molecule has 0 bridgehead atoms. The van der Waals surface area contributed by atoms with Gasteiger partial charge in [-0.05, 0) is 24.4 Å². The Labute approximate surface area is 89.0 Å². The van der Waals surface area contributed by atoms with Crippen LogP contribution in [0.5, 0.6) is 0 Å². The molecule has 0 aromatic carbocycles. The summed E-state index contributed by atoms with van der Waals surface area (Å²) in [5, 5.41) is 4.08. The van der Waals surface area contributed by atoms with Crippen LogP contribution >= 0.6 is 11.5 Å². The second-order valence-corrected chi connectivity index (χ2v) is 4.08. The number of hydrazine groups is 1. The van der Waals surface area contributed by atoms with Crippen molar-refractivity contribution in [3.63, 3.8) is 0 Å². The lowest BCUT2D eigenvalue weighted by molar-refractivity contribution is 0.498. The van der Waals surface area contributed by atoms with E-state index in [0.717, 1.165) is 18.5 Å². The van der Waals surface area contributed by atoms with E-state index in [2.05, 4.69) is 28.9 Å². The van der Waals surface area contributed by atoms with Crippen LogP contribution in [0.4, 0.5) is 0 Å². The minimum absolute atomic E-state index is 0.227. The second kappa shape index (κ2) is 6.06. The molecule has 14 heavy (non-hydrogen) atoms. The molecule has 3 N–H and O–H groups in total. The Hall–Kier alpha value is -0.520. The van der Waals surface area contributed by atoms with E-state index in [-0.39, 0.29) is 6.04 Å². The summed E-state index contributed by atoms with van der Waals surface area (Å²) in [4.78, 5) is 1.20. The molecule has 1 atom stereocenters. The number of nitrogens with one attached hydrogen (secondary N) is 1. The van der Waals surface area contributed by atoms with Gasteiger partial charge >= 0.3 is 0 Å². The zero-order valence-corrected chi connectivity index (χ0v) is 9.60. The third kappa shape index (κ3) is 2.73. The lowest BCUT2D eigenvalue weighted by atomic mass is 10.1. The van der Waals surface area contributed by atoms with Gasteiger partial charge in [0.1, 0.15) is 0 Å². The van der Waals surface area contributed by atoms with Crippen molar-refractivity contribution in [2.45, 2.75) is 45.6 Å². The van der Waals surface area contributed by atoms with Crippen LogP contribution in [0.1, 0.15) is 49.7 Å². The summed E-state index contributed by atoms with van der Waals surface area (Å²) in [6.07, 6.45) is 4.35. The number of nitrogens with two attached hydrogens (primary N) is 1. The molecule has 0 saturated carbocycles. The van der Waals surface area contributed by atoms with Gasteiger partial charge in [-0.3, -0.25) is 11.3 Å². The number of unbranched alkanes of at least 4 members (excludes halogenated alkanes) is 1. The van der Waals surface area contributed by atoms with E-state index >= 15 is 0 Å². The van der Waals surface area contributed by atoms with Crippen LogP contribution in [-0.2, 0) is 6.42 Å². The van der Waals surface area contributed by atoms with Crippen molar-refractivity contribution < 1.29 is 0 Å². The molecule has 0 radical (unpaired) electrons. The number of rotatable bonds is 6. The Bertz CT molecular complexity index is 261. The zero-order valence-electron chi connectivity index (χ0n) is 8.79. The zero-order chi connectivity index (χ0) is 10.4. The summed E-state index contributed by atoms with van der Waals surface area (Å²) >= 11 is 1.45. The van der Waals surface area contributed by atoms with Gasteiger partial charge in [-0.15, -0.1) is 5.10 Å². The molecule has 4 nitrogen and oxygen atoms in total. The quantitative estimate of drug-likeness (QED) is 0.560. The van der Waals surface area contributed by atoms with Gasteiger partial charge in [-0.2, -0.15) is 0 Å². The van der Waals surface area contributed by atoms with Crippen LogP contribution < -0.4 is 11.3 Å². The third-order valence-electron chi connectivity index (χ3n) is 2.28. The average Bonchev–Trinajstić information content (AvgIpc) is 2.67. The van der Waals surface area contributed by atoms with E-state index in [4.69, 9.17) is 5.84 Å². The van der Waals surface area contributed by atoms with Crippen LogP contribution in [0.15, 0.2) is 0 Å². The standard InChI is InChI=1S/C9H18N4S/c1-3-5-6-8(11-10)9-7(4-2)12-13-14-9/h8,11H,3-6,10H2,1-2H3. The van der Waals surface area contributed by atoms with Crippen LogP contribution in [0, 0.1) is 0 Å². The third-order valence-corrected chi connectivity index (χ3v) is 3.16. The molecule has 1 aromatic heterocycles. The molecule has 80 valence electrons. The predicted octanol–water partition coefficient (Wildman–Crippen LogP) is 1.80. The van der Waals surface area contributed by atoms with Crippen molar-refractivity contribution in [2.75, 3.05) is 0 Å². The first-order valence-electron chi connectivity index (χ1n) is 5.10. The lowest BCUT2D eigenvalue weighted by Gasteiger charge is -2.13. The van der Waals surface area contributed by atoms with Crippen LogP contribution in [0.3, 0.4) is 0 Å². The summed E-state index contributed by atoms with van der Waals surface area (Å²) in [6, 6.07) is 0.227. The Balaban J connectivity index is 2.67. The SMILES string of the molecule is CCCCC(NN)c1snnc1CC. The van der Waals surface area contributed by atoms with Crippen molar-refractivity contribution >= 4 is 11.5 Å². The topological polar surface area (TPSA) is 63.8 Å². The molecule has 1 unspecified atom stereocenters. The predicted molar refractivity (Wildman–Crippen MR) is 58.9 cm³/mol. The van der Waals surface area contributed by atoms with Crippen molar-refractivity contribution in [3.05, 3.63) is 10.6 Å². The van der Waals surface area contributed by atoms with Gasteiger partial charge in [-0.25, -0.2) is 0 Å².